The molecule has 0 aliphatic carbocycles. The number of ether oxygens (including phenoxy) is 1. The number of nitrogens with two attached hydrogens (primary N) is 1. The Balaban J connectivity index is 0.00000462. The first-order chi connectivity index (χ1) is 18.8. The Labute approximate surface area is 240 Å². The number of carbonyl (C=O) groups is 2. The monoisotopic (exact) mass is 639 g/mol. The van der Waals surface area contributed by atoms with Crippen LogP contribution in [-0.4, -0.2) is 32.1 Å². The molecule has 220 valence electrons. The summed E-state index contributed by atoms with van der Waals surface area (Å²) in [5, 5.41) is 2.81. The number of amides is 1. The molecule has 0 bridgehead atoms. The fourth-order valence-electron chi connectivity index (χ4n) is 3.83. The number of hydrogen-bond donors (Lipinski definition) is 1. The Morgan fingerprint density at radius 1 is 1.07 bits per heavy atom. The molecule has 0 aliphatic rings. The number of fused-ring (bicyclic) bond motifs is 1. The molecular weight excluding hydrogens is 621 g/mol. The second-order valence-corrected chi connectivity index (χ2v) is 9.99. The van der Waals surface area contributed by atoms with Crippen molar-refractivity contribution in [1.82, 2.24) is 13.7 Å². The Morgan fingerprint density at radius 3 is 2.39 bits per heavy atom. The van der Waals surface area contributed by atoms with Crippen LogP contribution >= 0.6 is 35.1 Å². The average Bonchev–Trinajstić information content (AvgIpc) is 3.48. The van der Waals surface area contributed by atoms with E-state index in [1.54, 1.807) is 0 Å². The van der Waals surface area contributed by atoms with E-state index in [2.05, 4.69) is 4.99 Å². The summed E-state index contributed by atoms with van der Waals surface area (Å²) in [7, 11) is 2.75. The molecule has 4 aromatic rings. The standard InChI is InChI=1S/C23H18F5N5O5S2.ClH/c1-31-19(36)16-10(7-39-20(16)32(2)22(31)37)5-14(34)30-21-33(9-38-15(35)6-29)13(8-40-21)11-3-4-12(24)17(18(11)25)23(26,27)28;/h3-4,7-8H,5-6,9,29H2,1-2H3;1H/b30-21-;. The van der Waals surface area contributed by atoms with E-state index in [1.807, 2.05) is 0 Å². The summed E-state index contributed by atoms with van der Waals surface area (Å²) >= 11 is 1.78. The van der Waals surface area contributed by atoms with Gasteiger partial charge in [-0.2, -0.15) is 18.2 Å². The topological polar surface area (TPSA) is 131 Å². The number of rotatable bonds is 6. The van der Waals surface area contributed by atoms with Crippen molar-refractivity contribution in [3.8, 4) is 11.3 Å². The van der Waals surface area contributed by atoms with E-state index in [1.165, 1.54) is 24.0 Å². The number of aryl methyl sites for hydroxylation is 1. The zero-order chi connectivity index (χ0) is 29.5. The highest BCUT2D eigenvalue weighted by Crippen LogP contribution is 2.37. The number of hydrogen-bond acceptors (Lipinski definition) is 8. The van der Waals surface area contributed by atoms with Crippen molar-refractivity contribution >= 4 is 57.2 Å². The van der Waals surface area contributed by atoms with Gasteiger partial charge >= 0.3 is 17.8 Å². The predicted molar refractivity (Wildman–Crippen MR) is 142 cm³/mol. The molecule has 0 spiro atoms. The fraction of sp³-hybridized carbons (Fsp3) is 0.261. The maximum absolute atomic E-state index is 14.9. The number of thiophene rings is 1. The lowest BCUT2D eigenvalue weighted by atomic mass is 10.1. The number of halogens is 6. The molecule has 3 aromatic heterocycles. The molecule has 3 heterocycles. The molecule has 0 saturated heterocycles. The number of esters is 1. The Hall–Kier alpha value is -3.67. The minimum absolute atomic E-state index is 0. The second-order valence-electron chi connectivity index (χ2n) is 8.29. The van der Waals surface area contributed by atoms with Gasteiger partial charge in [0, 0.05) is 25.0 Å². The molecule has 0 unspecified atom stereocenters. The van der Waals surface area contributed by atoms with Gasteiger partial charge < -0.3 is 10.5 Å². The van der Waals surface area contributed by atoms with Crippen LogP contribution < -0.4 is 21.8 Å². The largest absolute Gasteiger partial charge is 0.443 e. The van der Waals surface area contributed by atoms with E-state index < -0.39 is 71.8 Å². The van der Waals surface area contributed by atoms with Crippen molar-refractivity contribution < 1.29 is 36.3 Å². The molecule has 1 aromatic carbocycles. The second kappa shape index (κ2) is 12.1. The molecular formula is C23H19ClF5N5O5S2. The molecule has 18 heteroatoms. The number of carbonyl (C=O) groups excluding carboxylic acids is 2. The maximum atomic E-state index is 14.9. The van der Waals surface area contributed by atoms with E-state index in [9.17, 15) is 41.1 Å². The van der Waals surface area contributed by atoms with Crippen LogP contribution in [0.25, 0.3) is 21.5 Å². The number of thiazole rings is 1. The number of alkyl halides is 3. The van der Waals surface area contributed by atoms with Crippen molar-refractivity contribution in [2.75, 3.05) is 6.54 Å². The first-order valence-electron chi connectivity index (χ1n) is 11.1. The average molecular weight is 640 g/mol. The maximum Gasteiger partial charge on any atom is 0.422 e. The van der Waals surface area contributed by atoms with Crippen LogP contribution in [0.1, 0.15) is 11.1 Å². The van der Waals surface area contributed by atoms with Crippen LogP contribution in [0.3, 0.4) is 0 Å². The highest BCUT2D eigenvalue weighted by Gasteiger charge is 2.39. The summed E-state index contributed by atoms with van der Waals surface area (Å²) < 4.78 is 76.7. The third-order valence-electron chi connectivity index (χ3n) is 5.78. The smallest absolute Gasteiger partial charge is 0.422 e. The molecule has 10 nitrogen and oxygen atoms in total. The van der Waals surface area contributed by atoms with Gasteiger partial charge in [-0.05, 0) is 23.1 Å². The Kier molecular flexibility index (Phi) is 9.37. The quantitative estimate of drug-likeness (QED) is 0.255. The molecule has 2 N–H and O–H groups in total. The van der Waals surface area contributed by atoms with Gasteiger partial charge in [0.2, 0.25) is 0 Å². The van der Waals surface area contributed by atoms with Crippen LogP contribution in [0, 0.1) is 11.6 Å². The summed E-state index contributed by atoms with van der Waals surface area (Å²) in [6, 6.07) is 1.21. The number of benzene rings is 1. The third-order valence-corrected chi connectivity index (χ3v) is 7.74. The number of nitrogens with zero attached hydrogens (tertiary/aromatic N) is 4. The lowest BCUT2D eigenvalue weighted by Crippen LogP contribution is -2.36. The van der Waals surface area contributed by atoms with Gasteiger partial charge in [-0.25, -0.2) is 13.6 Å². The molecule has 0 atom stereocenters. The summed E-state index contributed by atoms with van der Waals surface area (Å²) in [5.41, 5.74) is 1.25. The first kappa shape index (κ1) is 31.9. The first-order valence-corrected chi connectivity index (χ1v) is 12.8. The zero-order valence-electron chi connectivity index (χ0n) is 21.0. The molecule has 4 rings (SSSR count). The van der Waals surface area contributed by atoms with Crippen LogP contribution in [0.15, 0.2) is 37.5 Å². The summed E-state index contributed by atoms with van der Waals surface area (Å²) in [4.78, 5) is 53.5. The lowest BCUT2D eigenvalue weighted by molar-refractivity contribution is -0.145. The van der Waals surface area contributed by atoms with Crippen LogP contribution in [0.4, 0.5) is 22.0 Å². The van der Waals surface area contributed by atoms with Crippen molar-refractivity contribution in [1.29, 1.82) is 0 Å². The highest BCUT2D eigenvalue weighted by atomic mass is 35.5. The van der Waals surface area contributed by atoms with Gasteiger partial charge in [-0.15, -0.1) is 35.1 Å². The molecule has 0 radical (unpaired) electrons. The Morgan fingerprint density at radius 2 is 1.76 bits per heavy atom. The van der Waals surface area contributed by atoms with Crippen molar-refractivity contribution in [2.24, 2.45) is 24.8 Å². The predicted octanol–water partition coefficient (Wildman–Crippen LogP) is 2.68. The van der Waals surface area contributed by atoms with Gasteiger partial charge in [-0.1, -0.05) is 0 Å². The van der Waals surface area contributed by atoms with Crippen LogP contribution in [0.2, 0.25) is 0 Å². The van der Waals surface area contributed by atoms with E-state index >= 15 is 0 Å². The summed E-state index contributed by atoms with van der Waals surface area (Å²) in [5.74, 6) is -5.45. The fourth-order valence-corrected chi connectivity index (χ4v) is 5.76. The molecule has 0 aliphatic heterocycles. The summed E-state index contributed by atoms with van der Waals surface area (Å²) in [6.07, 6.45) is -5.74. The van der Waals surface area contributed by atoms with Gasteiger partial charge in [0.25, 0.3) is 11.5 Å². The van der Waals surface area contributed by atoms with Gasteiger partial charge in [0.05, 0.1) is 24.0 Å². The van der Waals surface area contributed by atoms with Gasteiger partial charge in [-0.3, -0.25) is 28.1 Å². The number of aromatic nitrogens is 3. The van der Waals surface area contributed by atoms with Crippen molar-refractivity contribution in [3.63, 3.8) is 0 Å². The normalized spacial score (nSPS) is 12.0. The molecule has 0 saturated carbocycles. The van der Waals surface area contributed by atoms with Crippen molar-refractivity contribution in [3.05, 3.63) is 71.3 Å². The van der Waals surface area contributed by atoms with E-state index in [0.717, 1.165) is 31.9 Å². The van der Waals surface area contributed by atoms with E-state index in [0.29, 0.717) is 22.2 Å². The van der Waals surface area contributed by atoms with Gasteiger partial charge in [0.15, 0.2) is 11.5 Å². The van der Waals surface area contributed by atoms with Crippen molar-refractivity contribution in [2.45, 2.75) is 19.3 Å². The summed E-state index contributed by atoms with van der Waals surface area (Å²) in [6.45, 7) is -1.25. The van der Waals surface area contributed by atoms with E-state index in [-0.39, 0.29) is 33.9 Å². The molecule has 0 fully saturated rings. The van der Waals surface area contributed by atoms with Crippen LogP contribution in [0.5, 0.6) is 0 Å². The minimum atomic E-state index is -5.34. The zero-order valence-corrected chi connectivity index (χ0v) is 23.4. The SMILES string of the molecule is Cl.Cn1c(=O)c2c(CC(=O)/N=c3\scc(-c4ccc(F)c(C(F)(F)F)c4F)n3COC(=O)CN)csc2n(C)c1=O. The molecule has 41 heavy (non-hydrogen) atoms. The highest BCUT2D eigenvalue weighted by molar-refractivity contribution is 7.17. The van der Waals surface area contributed by atoms with Gasteiger partial charge in [0.1, 0.15) is 22.0 Å². The Bertz CT molecular complexity index is 1850. The van der Waals surface area contributed by atoms with E-state index in [4.69, 9.17) is 10.5 Å². The third kappa shape index (κ3) is 6.02. The molecule has 1 amide bonds. The minimum Gasteiger partial charge on any atom is -0.443 e. The van der Waals surface area contributed by atoms with Crippen LogP contribution in [-0.2, 0) is 47.7 Å². The lowest BCUT2D eigenvalue weighted by Gasteiger charge is -2.14.